The molecule has 0 aliphatic carbocycles. The normalized spacial score (nSPS) is 10.9. The Morgan fingerprint density at radius 1 is 1.40 bits per heavy atom. The minimum atomic E-state index is -0.265. The van der Waals surface area contributed by atoms with E-state index < -0.39 is 0 Å². The molecule has 0 unspecified atom stereocenters. The van der Waals surface area contributed by atoms with E-state index in [9.17, 15) is 4.39 Å². The van der Waals surface area contributed by atoms with Crippen LogP contribution in [0.4, 0.5) is 10.1 Å². The number of H-pyrrole nitrogens is 1. The van der Waals surface area contributed by atoms with Gasteiger partial charge in [-0.2, -0.15) is 0 Å². The summed E-state index contributed by atoms with van der Waals surface area (Å²) in [6.45, 7) is 2.57. The number of aromatic amines is 1. The molecule has 5 heteroatoms. The van der Waals surface area contributed by atoms with Gasteiger partial charge in [-0.25, -0.2) is 9.37 Å². The van der Waals surface area contributed by atoms with Crippen molar-refractivity contribution in [2.75, 3.05) is 5.32 Å². The number of fused-ring (bicyclic) bond motifs is 1. The Balaban J connectivity index is 1.85. The molecule has 0 amide bonds. The molecular formula is C15H13BrFN3. The summed E-state index contributed by atoms with van der Waals surface area (Å²) in [4.78, 5) is 7.38. The minimum absolute atomic E-state index is 0.265. The molecule has 0 fully saturated rings. The second kappa shape index (κ2) is 5.25. The van der Waals surface area contributed by atoms with Gasteiger partial charge in [-0.15, -0.1) is 0 Å². The van der Waals surface area contributed by atoms with E-state index in [1.54, 1.807) is 12.3 Å². The second-order valence-electron chi connectivity index (χ2n) is 4.65. The molecule has 0 aliphatic heterocycles. The molecule has 2 heterocycles. The van der Waals surface area contributed by atoms with Crippen molar-refractivity contribution in [1.82, 2.24) is 9.97 Å². The zero-order valence-corrected chi connectivity index (χ0v) is 12.5. The first kappa shape index (κ1) is 13.1. The van der Waals surface area contributed by atoms with Crippen LogP contribution in [0.2, 0.25) is 0 Å². The van der Waals surface area contributed by atoms with Crippen molar-refractivity contribution >= 4 is 32.7 Å². The SMILES string of the molecule is Cc1cc(Br)c(F)cc1NCc1c[nH]c2ncccc12. The van der Waals surface area contributed by atoms with Crippen LogP contribution >= 0.6 is 15.9 Å². The highest BCUT2D eigenvalue weighted by molar-refractivity contribution is 9.10. The van der Waals surface area contributed by atoms with E-state index in [1.165, 1.54) is 6.07 Å². The largest absolute Gasteiger partial charge is 0.381 e. The van der Waals surface area contributed by atoms with Crippen molar-refractivity contribution in [2.45, 2.75) is 13.5 Å². The van der Waals surface area contributed by atoms with Crippen LogP contribution in [0.15, 0.2) is 41.1 Å². The van der Waals surface area contributed by atoms with Crippen LogP contribution in [0.3, 0.4) is 0 Å². The van der Waals surface area contributed by atoms with Crippen molar-refractivity contribution in [1.29, 1.82) is 0 Å². The highest BCUT2D eigenvalue weighted by Crippen LogP contribution is 2.25. The topological polar surface area (TPSA) is 40.7 Å². The molecule has 2 N–H and O–H groups in total. The molecule has 3 nitrogen and oxygen atoms in total. The molecule has 1 aromatic carbocycles. The van der Waals surface area contributed by atoms with Gasteiger partial charge in [0.25, 0.3) is 0 Å². The molecule has 102 valence electrons. The third-order valence-electron chi connectivity index (χ3n) is 3.27. The number of nitrogens with one attached hydrogen (secondary N) is 2. The molecule has 3 aromatic rings. The van der Waals surface area contributed by atoms with Gasteiger partial charge in [0, 0.05) is 30.0 Å². The molecule has 0 radical (unpaired) electrons. The van der Waals surface area contributed by atoms with Gasteiger partial charge in [-0.3, -0.25) is 0 Å². The summed E-state index contributed by atoms with van der Waals surface area (Å²) in [7, 11) is 0. The molecule has 3 rings (SSSR count). The summed E-state index contributed by atoms with van der Waals surface area (Å²) in [6, 6.07) is 7.20. The van der Waals surface area contributed by atoms with Crippen molar-refractivity contribution in [3.8, 4) is 0 Å². The van der Waals surface area contributed by atoms with E-state index in [4.69, 9.17) is 0 Å². The van der Waals surface area contributed by atoms with E-state index in [1.807, 2.05) is 25.3 Å². The highest BCUT2D eigenvalue weighted by Gasteiger charge is 2.07. The Kier molecular flexibility index (Phi) is 3.44. The minimum Gasteiger partial charge on any atom is -0.381 e. The quantitative estimate of drug-likeness (QED) is 0.746. The van der Waals surface area contributed by atoms with Gasteiger partial charge in [-0.05, 0) is 58.2 Å². The van der Waals surface area contributed by atoms with Gasteiger partial charge in [-0.1, -0.05) is 0 Å². The summed E-state index contributed by atoms with van der Waals surface area (Å²) < 4.78 is 14.1. The van der Waals surface area contributed by atoms with Crippen LogP contribution in [0, 0.1) is 12.7 Å². The van der Waals surface area contributed by atoms with Gasteiger partial charge in [0.05, 0.1) is 4.47 Å². The summed E-state index contributed by atoms with van der Waals surface area (Å²) in [5, 5.41) is 4.35. The lowest BCUT2D eigenvalue weighted by Crippen LogP contribution is -2.01. The number of aromatic nitrogens is 2. The molecule has 0 spiro atoms. The van der Waals surface area contributed by atoms with Crippen LogP contribution in [0.25, 0.3) is 11.0 Å². The predicted octanol–water partition coefficient (Wildman–Crippen LogP) is 4.39. The fourth-order valence-corrected chi connectivity index (χ4v) is 2.64. The smallest absolute Gasteiger partial charge is 0.139 e. The molecule has 2 aromatic heterocycles. The third kappa shape index (κ3) is 2.41. The number of hydrogen-bond acceptors (Lipinski definition) is 2. The zero-order chi connectivity index (χ0) is 14.1. The fourth-order valence-electron chi connectivity index (χ4n) is 2.19. The first-order valence-electron chi connectivity index (χ1n) is 6.25. The Bertz CT molecular complexity index is 767. The predicted molar refractivity (Wildman–Crippen MR) is 82.3 cm³/mol. The molecule has 0 saturated heterocycles. The Morgan fingerprint density at radius 3 is 3.10 bits per heavy atom. The number of aryl methyl sites for hydroxylation is 1. The van der Waals surface area contributed by atoms with Crippen molar-refractivity contribution in [3.63, 3.8) is 0 Å². The average molecular weight is 334 g/mol. The summed E-state index contributed by atoms with van der Waals surface area (Å²) >= 11 is 3.19. The first-order chi connectivity index (χ1) is 9.65. The molecule has 0 bridgehead atoms. The number of hydrogen-bond donors (Lipinski definition) is 2. The Morgan fingerprint density at radius 2 is 2.25 bits per heavy atom. The number of nitrogens with zero attached hydrogens (tertiary/aromatic N) is 1. The van der Waals surface area contributed by atoms with Crippen molar-refractivity contribution in [2.24, 2.45) is 0 Å². The van der Waals surface area contributed by atoms with Gasteiger partial charge < -0.3 is 10.3 Å². The molecule has 0 atom stereocenters. The van der Waals surface area contributed by atoms with Crippen LogP contribution in [0.5, 0.6) is 0 Å². The molecule has 20 heavy (non-hydrogen) atoms. The molecule has 0 aliphatic rings. The number of rotatable bonds is 3. The van der Waals surface area contributed by atoms with Gasteiger partial charge in [0.15, 0.2) is 0 Å². The van der Waals surface area contributed by atoms with Crippen LogP contribution in [0.1, 0.15) is 11.1 Å². The summed E-state index contributed by atoms with van der Waals surface area (Å²) in [5.74, 6) is -0.265. The van der Waals surface area contributed by atoms with Crippen molar-refractivity contribution < 1.29 is 4.39 Å². The maximum atomic E-state index is 13.6. The Hall–Kier alpha value is -1.88. The number of anilines is 1. The summed E-state index contributed by atoms with van der Waals surface area (Å²) in [6.07, 6.45) is 3.68. The Labute approximate surface area is 124 Å². The van der Waals surface area contributed by atoms with E-state index in [-0.39, 0.29) is 5.82 Å². The standard InChI is InChI=1S/C15H13BrFN3/c1-9-5-12(16)13(17)6-14(9)19-7-10-8-20-15-11(10)3-2-4-18-15/h2-6,8,19H,7H2,1H3,(H,18,20). The fraction of sp³-hybridized carbons (Fsp3) is 0.133. The van der Waals surface area contributed by atoms with E-state index in [0.717, 1.165) is 27.8 Å². The average Bonchev–Trinajstić information content (AvgIpc) is 2.85. The number of benzene rings is 1. The third-order valence-corrected chi connectivity index (χ3v) is 3.88. The van der Waals surface area contributed by atoms with E-state index in [0.29, 0.717) is 11.0 Å². The van der Waals surface area contributed by atoms with Crippen LogP contribution in [-0.4, -0.2) is 9.97 Å². The lowest BCUT2D eigenvalue weighted by Gasteiger charge is -2.10. The monoisotopic (exact) mass is 333 g/mol. The van der Waals surface area contributed by atoms with Gasteiger partial charge in [0.1, 0.15) is 11.5 Å². The van der Waals surface area contributed by atoms with Crippen molar-refractivity contribution in [3.05, 3.63) is 58.1 Å². The second-order valence-corrected chi connectivity index (χ2v) is 5.50. The molecule has 0 saturated carbocycles. The highest BCUT2D eigenvalue weighted by atomic mass is 79.9. The van der Waals surface area contributed by atoms with E-state index in [2.05, 4.69) is 31.2 Å². The zero-order valence-electron chi connectivity index (χ0n) is 10.9. The van der Waals surface area contributed by atoms with Crippen LogP contribution < -0.4 is 5.32 Å². The lowest BCUT2D eigenvalue weighted by molar-refractivity contribution is 0.621. The maximum Gasteiger partial charge on any atom is 0.139 e. The van der Waals surface area contributed by atoms with E-state index >= 15 is 0 Å². The van der Waals surface area contributed by atoms with Gasteiger partial charge >= 0.3 is 0 Å². The number of pyridine rings is 1. The lowest BCUT2D eigenvalue weighted by atomic mass is 10.1. The number of halogens is 2. The first-order valence-corrected chi connectivity index (χ1v) is 7.05. The summed E-state index contributed by atoms with van der Waals surface area (Å²) in [5.41, 5.74) is 3.76. The van der Waals surface area contributed by atoms with Crippen LogP contribution in [-0.2, 0) is 6.54 Å². The molecular weight excluding hydrogens is 321 g/mol. The van der Waals surface area contributed by atoms with Gasteiger partial charge in [0.2, 0.25) is 0 Å². The maximum absolute atomic E-state index is 13.6.